The molecule has 0 aliphatic carbocycles. The summed E-state index contributed by atoms with van der Waals surface area (Å²) >= 11 is 3.38. The molecule has 0 N–H and O–H groups in total. The zero-order valence-electron chi connectivity index (χ0n) is 13.4. The van der Waals surface area contributed by atoms with Gasteiger partial charge in [-0.25, -0.2) is 8.42 Å². The molecule has 0 amide bonds. The Balaban J connectivity index is 2.54. The smallest absolute Gasteiger partial charge is 0.213 e. The Kier molecular flexibility index (Phi) is 6.19. The molecule has 4 heteroatoms. The molecule has 0 fully saturated rings. The minimum absolute atomic E-state index is 0.272. The highest BCUT2D eigenvalue weighted by atomic mass is 79.9. The number of allylic oxidation sites excluding steroid dienone is 1. The predicted octanol–water partition coefficient (Wildman–Crippen LogP) is 5.72. The molecule has 0 aliphatic heterocycles. The molecule has 0 bridgehead atoms. The fraction of sp³-hybridized carbons (Fsp3) is 0.263. The number of hydrogen-bond acceptors (Lipinski definition) is 2. The first kappa shape index (κ1) is 18.0. The molecule has 0 aromatic heterocycles. The van der Waals surface area contributed by atoms with Crippen LogP contribution < -0.4 is 0 Å². The van der Waals surface area contributed by atoms with Crippen LogP contribution in [0.15, 0.2) is 63.3 Å². The number of unbranched alkanes of at least 4 members (excludes halogenated alkanes) is 1. The molecule has 2 rings (SSSR count). The molecule has 0 atom stereocenters. The highest BCUT2D eigenvalue weighted by Gasteiger charge is 2.22. The van der Waals surface area contributed by atoms with Gasteiger partial charge in [-0.15, -0.1) is 0 Å². The van der Waals surface area contributed by atoms with Gasteiger partial charge in [0, 0.05) is 0 Å². The second-order valence-corrected chi connectivity index (χ2v) is 8.74. The summed E-state index contributed by atoms with van der Waals surface area (Å²) in [5, 5.41) is 0. The van der Waals surface area contributed by atoms with Crippen molar-refractivity contribution in [1.29, 1.82) is 0 Å². The fourth-order valence-corrected chi connectivity index (χ4v) is 4.57. The lowest BCUT2D eigenvalue weighted by Gasteiger charge is -2.12. The van der Waals surface area contributed by atoms with Gasteiger partial charge in [0.15, 0.2) is 0 Å². The number of rotatable bonds is 6. The summed E-state index contributed by atoms with van der Waals surface area (Å²) < 4.78 is 26.1. The van der Waals surface area contributed by atoms with Crippen LogP contribution in [0.2, 0.25) is 0 Å². The van der Waals surface area contributed by atoms with Gasteiger partial charge < -0.3 is 0 Å². The van der Waals surface area contributed by atoms with Gasteiger partial charge in [-0.05, 0) is 59.0 Å². The van der Waals surface area contributed by atoms with Crippen molar-refractivity contribution in [3.05, 3.63) is 69.5 Å². The normalized spacial score (nSPS) is 12.8. The van der Waals surface area contributed by atoms with Gasteiger partial charge >= 0.3 is 0 Å². The molecule has 2 nitrogen and oxygen atoms in total. The summed E-state index contributed by atoms with van der Waals surface area (Å²) in [5.74, 6) is 0. The van der Waals surface area contributed by atoms with E-state index in [2.05, 4.69) is 22.9 Å². The van der Waals surface area contributed by atoms with Crippen molar-refractivity contribution in [1.82, 2.24) is 0 Å². The lowest BCUT2D eigenvalue weighted by atomic mass is 10.0. The third-order valence-electron chi connectivity index (χ3n) is 3.71. The third kappa shape index (κ3) is 4.33. The van der Waals surface area contributed by atoms with Crippen molar-refractivity contribution in [2.24, 2.45) is 0 Å². The van der Waals surface area contributed by atoms with Crippen molar-refractivity contribution in [3.8, 4) is 0 Å². The minimum Gasteiger partial charge on any atom is -0.218 e. The summed E-state index contributed by atoms with van der Waals surface area (Å²) in [5.41, 5.74) is 2.83. The molecule has 0 unspecified atom stereocenters. The summed E-state index contributed by atoms with van der Waals surface area (Å²) in [6, 6.07) is 16.7. The average molecular weight is 393 g/mol. The number of aryl methyl sites for hydroxylation is 1. The number of sulfone groups is 1. The standard InChI is InChI=1S/C19H21BrO2S/c1-3-4-10-18(16-8-6-5-7-9-16)19(20)23(21,22)17-13-11-15(2)12-14-17/h5-9,11-14H,3-4,10H2,1-2H3/b19-18-. The summed E-state index contributed by atoms with van der Waals surface area (Å²) in [7, 11) is -3.54. The van der Waals surface area contributed by atoms with Gasteiger partial charge in [0.25, 0.3) is 0 Å². The second-order valence-electron chi connectivity index (χ2n) is 5.54. The number of hydrogen-bond donors (Lipinski definition) is 0. The van der Waals surface area contributed by atoms with Gasteiger partial charge in [0.2, 0.25) is 9.84 Å². The van der Waals surface area contributed by atoms with E-state index in [1.165, 1.54) is 0 Å². The van der Waals surface area contributed by atoms with E-state index in [0.717, 1.165) is 36.0 Å². The molecule has 122 valence electrons. The van der Waals surface area contributed by atoms with E-state index < -0.39 is 9.84 Å². The van der Waals surface area contributed by atoms with Crippen LogP contribution in [-0.4, -0.2) is 8.42 Å². The fourth-order valence-electron chi connectivity index (χ4n) is 2.33. The van der Waals surface area contributed by atoms with Crippen LogP contribution in [0.25, 0.3) is 5.57 Å². The zero-order chi connectivity index (χ0) is 16.9. The van der Waals surface area contributed by atoms with Crippen LogP contribution in [0.3, 0.4) is 0 Å². The number of benzene rings is 2. The predicted molar refractivity (Wildman–Crippen MR) is 100 cm³/mol. The third-order valence-corrected chi connectivity index (χ3v) is 7.08. The minimum atomic E-state index is -3.54. The van der Waals surface area contributed by atoms with E-state index in [1.807, 2.05) is 49.4 Å². The quantitative estimate of drug-likeness (QED) is 0.629. The van der Waals surface area contributed by atoms with Crippen molar-refractivity contribution < 1.29 is 8.42 Å². The van der Waals surface area contributed by atoms with Crippen molar-refractivity contribution in [2.45, 2.75) is 38.0 Å². The largest absolute Gasteiger partial charge is 0.218 e. The van der Waals surface area contributed by atoms with Crippen molar-refractivity contribution in [3.63, 3.8) is 0 Å². The second kappa shape index (κ2) is 7.93. The van der Waals surface area contributed by atoms with E-state index in [0.29, 0.717) is 4.90 Å². The van der Waals surface area contributed by atoms with E-state index >= 15 is 0 Å². The van der Waals surface area contributed by atoms with Gasteiger partial charge in [0.05, 0.1) is 4.90 Å². The molecule has 0 aliphatic rings. The Bertz CT molecular complexity index is 776. The molecule has 23 heavy (non-hydrogen) atoms. The number of halogens is 1. The Labute approximate surface area is 147 Å². The topological polar surface area (TPSA) is 34.1 Å². The Morgan fingerprint density at radius 2 is 1.61 bits per heavy atom. The molecule has 0 saturated heterocycles. The van der Waals surface area contributed by atoms with Crippen molar-refractivity contribution >= 4 is 31.3 Å². The van der Waals surface area contributed by atoms with E-state index in [1.54, 1.807) is 12.1 Å². The van der Waals surface area contributed by atoms with Crippen LogP contribution >= 0.6 is 15.9 Å². The first-order chi connectivity index (χ1) is 11.0. The maximum absolute atomic E-state index is 12.9. The van der Waals surface area contributed by atoms with Gasteiger partial charge in [-0.3, -0.25) is 0 Å². The highest BCUT2D eigenvalue weighted by Crippen LogP contribution is 2.34. The van der Waals surface area contributed by atoms with E-state index in [-0.39, 0.29) is 3.81 Å². The Morgan fingerprint density at radius 3 is 2.17 bits per heavy atom. The molecule has 2 aromatic carbocycles. The maximum Gasteiger partial charge on any atom is 0.213 e. The van der Waals surface area contributed by atoms with Gasteiger partial charge in [-0.2, -0.15) is 0 Å². The first-order valence-electron chi connectivity index (χ1n) is 7.72. The molecular formula is C19H21BrO2S. The SMILES string of the molecule is CCCC/C(=C(\Br)S(=O)(=O)c1ccc(C)cc1)c1ccccc1. The molecular weight excluding hydrogens is 372 g/mol. The van der Waals surface area contributed by atoms with Crippen LogP contribution in [0.5, 0.6) is 0 Å². The molecule has 0 radical (unpaired) electrons. The van der Waals surface area contributed by atoms with E-state index in [4.69, 9.17) is 0 Å². The summed E-state index contributed by atoms with van der Waals surface area (Å²) in [4.78, 5) is 0.319. The van der Waals surface area contributed by atoms with Crippen LogP contribution in [0.1, 0.15) is 37.3 Å². The van der Waals surface area contributed by atoms with Crippen molar-refractivity contribution in [2.75, 3.05) is 0 Å². The van der Waals surface area contributed by atoms with Crippen LogP contribution in [-0.2, 0) is 9.84 Å². The van der Waals surface area contributed by atoms with Gasteiger partial charge in [0.1, 0.15) is 3.81 Å². The molecule has 0 spiro atoms. The average Bonchev–Trinajstić information content (AvgIpc) is 2.56. The molecule has 2 aromatic rings. The Morgan fingerprint density at radius 1 is 1.00 bits per heavy atom. The monoisotopic (exact) mass is 392 g/mol. The maximum atomic E-state index is 12.9. The zero-order valence-corrected chi connectivity index (χ0v) is 15.8. The summed E-state index contributed by atoms with van der Waals surface area (Å²) in [6.07, 6.45) is 2.69. The Hall–Kier alpha value is -1.39. The molecule has 0 saturated carbocycles. The highest BCUT2D eigenvalue weighted by molar-refractivity contribution is 9.13. The van der Waals surface area contributed by atoms with Crippen LogP contribution in [0, 0.1) is 6.92 Å². The molecule has 0 heterocycles. The lowest BCUT2D eigenvalue weighted by Crippen LogP contribution is -2.03. The first-order valence-corrected chi connectivity index (χ1v) is 10.00. The van der Waals surface area contributed by atoms with Crippen LogP contribution in [0.4, 0.5) is 0 Å². The lowest BCUT2D eigenvalue weighted by molar-refractivity contribution is 0.604. The van der Waals surface area contributed by atoms with E-state index in [9.17, 15) is 8.42 Å². The van der Waals surface area contributed by atoms with Gasteiger partial charge in [-0.1, -0.05) is 61.4 Å². The summed E-state index contributed by atoms with van der Waals surface area (Å²) in [6.45, 7) is 4.04.